The first-order chi connectivity index (χ1) is 25.4. The number of aromatic nitrogens is 5. The van der Waals surface area contributed by atoms with Gasteiger partial charge in [-0.3, -0.25) is 4.90 Å². The summed E-state index contributed by atoms with van der Waals surface area (Å²) < 4.78 is 25.8. The summed E-state index contributed by atoms with van der Waals surface area (Å²) in [7, 11) is -1.28. The molecule has 1 fully saturated rings. The molecule has 13 nitrogen and oxygen atoms in total. The Labute approximate surface area is 320 Å². The Morgan fingerprint density at radius 3 is 2.46 bits per heavy atom. The van der Waals surface area contributed by atoms with E-state index in [0.29, 0.717) is 49.6 Å². The summed E-state index contributed by atoms with van der Waals surface area (Å²) in [5.74, 6) is 2.33. The quantitative estimate of drug-likeness (QED) is 0.104. The molecule has 1 aliphatic heterocycles. The number of imidazole rings is 2. The third kappa shape index (κ3) is 11.3. The minimum atomic E-state index is -1.28. The van der Waals surface area contributed by atoms with Crippen molar-refractivity contribution in [1.82, 2.24) is 34.3 Å². The zero-order valence-corrected chi connectivity index (χ0v) is 34.8. The maximum Gasteiger partial charge on any atom is 0.410 e. The van der Waals surface area contributed by atoms with Crippen LogP contribution in [-0.2, 0) is 27.5 Å². The number of hydrogen-bond donors (Lipinski definition) is 1. The molecule has 5 rings (SSSR count). The third-order valence-corrected chi connectivity index (χ3v) is 10.5. The number of piperidine rings is 1. The largest absolute Gasteiger partial charge is 0.444 e. The fourth-order valence-corrected chi connectivity index (χ4v) is 6.87. The van der Waals surface area contributed by atoms with Gasteiger partial charge in [0.05, 0.1) is 30.7 Å². The molecule has 1 aliphatic rings. The number of likely N-dealkylation sites (tertiary alicyclic amines) is 1. The van der Waals surface area contributed by atoms with Crippen LogP contribution in [0.2, 0.25) is 25.7 Å². The summed E-state index contributed by atoms with van der Waals surface area (Å²) in [6.45, 7) is 22.6. The number of aromatic amines is 1. The van der Waals surface area contributed by atoms with Gasteiger partial charge in [-0.2, -0.15) is 0 Å². The Bertz CT molecular complexity index is 1860. The molecule has 3 aromatic heterocycles. The average molecular weight is 762 g/mol. The standard InChI is InChI=1S/C40H59N7O6Si/c1-11-18-45(37(48)52-39(2,3)4)26-34-43-31(25-46(34)27-50-20-21-54(8,9)10)36-42-24-33(51-36)29-16-14-15-28(22-29)30-23-41-35(44-30)32-17-12-13-19-47(32)38(49)53-40(5,6)7/h14-16,22-25,32H,11-13,17-21,26-27H2,1-10H3,(H,41,44)/t32-/m0/s1. The summed E-state index contributed by atoms with van der Waals surface area (Å²) >= 11 is 0. The molecule has 1 aromatic carbocycles. The van der Waals surface area contributed by atoms with Crippen molar-refractivity contribution in [2.24, 2.45) is 0 Å². The fraction of sp³-hybridized carbons (Fsp3) is 0.575. The van der Waals surface area contributed by atoms with Gasteiger partial charge in [-0.1, -0.05) is 44.8 Å². The van der Waals surface area contributed by atoms with Gasteiger partial charge >= 0.3 is 12.2 Å². The monoisotopic (exact) mass is 761 g/mol. The number of amides is 2. The molecule has 4 aromatic rings. The minimum Gasteiger partial charge on any atom is -0.444 e. The van der Waals surface area contributed by atoms with Crippen LogP contribution in [0.25, 0.3) is 34.2 Å². The van der Waals surface area contributed by atoms with Crippen LogP contribution in [0.5, 0.6) is 0 Å². The molecule has 0 unspecified atom stereocenters. The zero-order chi connectivity index (χ0) is 39.3. The molecule has 0 saturated carbocycles. The Morgan fingerprint density at radius 2 is 1.76 bits per heavy atom. The maximum absolute atomic E-state index is 13.2. The molecule has 294 valence electrons. The van der Waals surface area contributed by atoms with E-state index in [1.165, 1.54) is 0 Å². The maximum atomic E-state index is 13.2. The minimum absolute atomic E-state index is 0.184. The number of oxazole rings is 1. The highest BCUT2D eigenvalue weighted by Crippen LogP contribution is 2.33. The van der Waals surface area contributed by atoms with Gasteiger partial charge in [0.1, 0.15) is 35.3 Å². The van der Waals surface area contributed by atoms with Gasteiger partial charge in [0.15, 0.2) is 5.76 Å². The van der Waals surface area contributed by atoms with Crippen molar-refractivity contribution in [2.45, 2.75) is 130 Å². The number of benzene rings is 1. The van der Waals surface area contributed by atoms with Crippen LogP contribution in [0.15, 0.2) is 47.3 Å². The lowest BCUT2D eigenvalue weighted by Crippen LogP contribution is -2.42. The van der Waals surface area contributed by atoms with Crippen LogP contribution in [-0.4, -0.2) is 85.5 Å². The van der Waals surface area contributed by atoms with E-state index in [0.717, 1.165) is 54.4 Å². The summed E-state index contributed by atoms with van der Waals surface area (Å²) in [6.07, 6.45) is 8.19. The molecule has 14 heteroatoms. The lowest BCUT2D eigenvalue weighted by atomic mass is 10.0. The van der Waals surface area contributed by atoms with Crippen LogP contribution in [0.3, 0.4) is 0 Å². The lowest BCUT2D eigenvalue weighted by Gasteiger charge is -2.35. The highest BCUT2D eigenvalue weighted by atomic mass is 28.3. The van der Waals surface area contributed by atoms with Gasteiger partial charge in [-0.25, -0.2) is 24.5 Å². The molecule has 1 N–H and O–H groups in total. The molecule has 2 amide bonds. The first-order valence-electron chi connectivity index (χ1n) is 19.1. The van der Waals surface area contributed by atoms with Gasteiger partial charge in [0.25, 0.3) is 0 Å². The van der Waals surface area contributed by atoms with E-state index in [1.807, 2.05) is 83.5 Å². The number of rotatable bonds is 13. The molecule has 0 radical (unpaired) electrons. The summed E-state index contributed by atoms with van der Waals surface area (Å²) in [5, 5.41) is 0. The van der Waals surface area contributed by atoms with E-state index in [1.54, 1.807) is 22.2 Å². The average Bonchev–Trinajstić information content (AvgIpc) is 3.85. The van der Waals surface area contributed by atoms with Gasteiger partial charge < -0.3 is 33.1 Å². The van der Waals surface area contributed by atoms with E-state index < -0.39 is 19.3 Å². The third-order valence-electron chi connectivity index (χ3n) is 8.79. The topological polar surface area (TPSA) is 141 Å². The number of hydrogen-bond acceptors (Lipinski definition) is 9. The van der Waals surface area contributed by atoms with Gasteiger partial charge in [-0.15, -0.1) is 0 Å². The highest BCUT2D eigenvalue weighted by molar-refractivity contribution is 6.76. The van der Waals surface area contributed by atoms with Crippen molar-refractivity contribution in [3.05, 3.63) is 54.5 Å². The Morgan fingerprint density at radius 1 is 1.02 bits per heavy atom. The summed E-state index contributed by atoms with van der Waals surface area (Å²) in [4.78, 5) is 47.4. The van der Waals surface area contributed by atoms with Crippen LogP contribution < -0.4 is 0 Å². The van der Waals surface area contributed by atoms with Crippen LogP contribution in [0.4, 0.5) is 9.59 Å². The number of carbonyl (C=O) groups is 2. The Balaban J connectivity index is 1.36. The molecular formula is C40H59N7O6Si. The molecule has 1 atom stereocenters. The van der Waals surface area contributed by atoms with Crippen molar-refractivity contribution >= 4 is 20.3 Å². The van der Waals surface area contributed by atoms with E-state index in [-0.39, 0.29) is 24.8 Å². The van der Waals surface area contributed by atoms with Crippen LogP contribution in [0, 0.1) is 0 Å². The normalized spacial score (nSPS) is 15.4. The van der Waals surface area contributed by atoms with E-state index in [4.69, 9.17) is 28.6 Å². The molecule has 0 bridgehead atoms. The van der Waals surface area contributed by atoms with E-state index in [2.05, 4.69) is 29.6 Å². The number of nitrogens with one attached hydrogen (secondary N) is 1. The molecule has 54 heavy (non-hydrogen) atoms. The molecule has 4 heterocycles. The van der Waals surface area contributed by atoms with Crippen molar-refractivity contribution < 1.29 is 28.2 Å². The second-order valence-corrected chi connectivity index (χ2v) is 22.9. The lowest BCUT2D eigenvalue weighted by molar-refractivity contribution is 0.00847. The van der Waals surface area contributed by atoms with Crippen LogP contribution >= 0.6 is 0 Å². The molecule has 0 aliphatic carbocycles. The first-order valence-corrected chi connectivity index (χ1v) is 22.8. The summed E-state index contributed by atoms with van der Waals surface area (Å²) in [6, 6.07) is 8.81. The van der Waals surface area contributed by atoms with Crippen molar-refractivity contribution in [2.75, 3.05) is 19.7 Å². The van der Waals surface area contributed by atoms with E-state index in [9.17, 15) is 9.59 Å². The predicted octanol–water partition coefficient (Wildman–Crippen LogP) is 9.52. The predicted molar refractivity (Wildman–Crippen MR) is 211 cm³/mol. The number of nitrogens with zero attached hydrogens (tertiary/aromatic N) is 6. The van der Waals surface area contributed by atoms with Crippen molar-refractivity contribution in [3.8, 4) is 34.2 Å². The number of carbonyl (C=O) groups excluding carboxylic acids is 2. The number of ether oxygens (including phenoxy) is 3. The van der Waals surface area contributed by atoms with Crippen molar-refractivity contribution in [3.63, 3.8) is 0 Å². The number of H-pyrrole nitrogens is 1. The molecular weight excluding hydrogens is 703 g/mol. The zero-order valence-electron chi connectivity index (χ0n) is 33.8. The Kier molecular flexibility index (Phi) is 12.8. The molecule has 0 spiro atoms. The summed E-state index contributed by atoms with van der Waals surface area (Å²) in [5.41, 5.74) is 1.94. The van der Waals surface area contributed by atoms with Crippen LogP contribution in [0.1, 0.15) is 91.8 Å². The highest BCUT2D eigenvalue weighted by Gasteiger charge is 2.33. The van der Waals surface area contributed by atoms with Gasteiger partial charge in [-0.05, 0) is 79.3 Å². The van der Waals surface area contributed by atoms with Crippen molar-refractivity contribution in [1.29, 1.82) is 0 Å². The second kappa shape index (κ2) is 16.9. The van der Waals surface area contributed by atoms with Gasteiger partial charge in [0, 0.05) is 45.1 Å². The first kappa shape index (κ1) is 40.7. The smallest absolute Gasteiger partial charge is 0.410 e. The molecule has 1 saturated heterocycles. The fourth-order valence-electron chi connectivity index (χ4n) is 6.11. The second-order valence-electron chi connectivity index (χ2n) is 17.2. The van der Waals surface area contributed by atoms with Gasteiger partial charge in [0.2, 0.25) is 5.89 Å². The Hall–Kier alpha value is -4.43. The SMILES string of the molecule is CCCN(Cc1nc(-c2ncc(-c3cccc(-c4cnc([C@@H]5CCCCN5C(=O)OC(C)(C)C)[nH]4)c3)o2)cn1COCC[Si](C)(C)C)C(=O)OC(C)(C)C. The van der Waals surface area contributed by atoms with E-state index >= 15 is 0 Å².